The fourth-order valence-corrected chi connectivity index (χ4v) is 4.33. The zero-order chi connectivity index (χ0) is 19.5. The van der Waals surface area contributed by atoms with Crippen molar-refractivity contribution in [2.75, 3.05) is 19.9 Å². The summed E-state index contributed by atoms with van der Waals surface area (Å²) in [6.07, 6.45) is 1.94. The first-order chi connectivity index (χ1) is 13.6. The second-order valence-electron chi connectivity index (χ2n) is 6.10. The molecule has 1 aromatic carbocycles. The Bertz CT molecular complexity index is 955. The number of amides is 3. The number of carbonyl (C=O) groups excluding carboxylic acids is 3. The van der Waals surface area contributed by atoms with Crippen LogP contribution in [0.4, 0.5) is 4.79 Å². The van der Waals surface area contributed by atoms with Crippen LogP contribution in [-0.2, 0) is 16.0 Å². The maximum atomic E-state index is 12.5. The van der Waals surface area contributed by atoms with Crippen molar-refractivity contribution in [3.8, 4) is 11.5 Å². The number of benzene rings is 1. The van der Waals surface area contributed by atoms with E-state index >= 15 is 0 Å². The second kappa shape index (κ2) is 8.07. The number of rotatable bonds is 6. The Balaban J connectivity index is 1.34. The predicted molar refractivity (Wildman–Crippen MR) is 106 cm³/mol. The summed E-state index contributed by atoms with van der Waals surface area (Å²) in [4.78, 5) is 38.1. The molecule has 1 N–H and O–H groups in total. The molecular formula is C19H16N2O5S2. The van der Waals surface area contributed by atoms with Crippen molar-refractivity contribution in [3.63, 3.8) is 0 Å². The molecule has 0 spiro atoms. The van der Waals surface area contributed by atoms with Gasteiger partial charge in [-0.3, -0.25) is 19.3 Å². The third kappa shape index (κ3) is 4.05. The SMILES string of the molecule is O=C(Cc1ccsc1)NCCN1C(=O)S/C(=C\c2ccc3c(c2)OCO3)C1=O. The van der Waals surface area contributed by atoms with Gasteiger partial charge in [0.1, 0.15) is 0 Å². The number of nitrogens with zero attached hydrogens (tertiary/aromatic N) is 1. The van der Waals surface area contributed by atoms with Crippen molar-refractivity contribution < 1.29 is 23.9 Å². The van der Waals surface area contributed by atoms with Crippen LogP contribution in [0.3, 0.4) is 0 Å². The number of hydrogen-bond acceptors (Lipinski definition) is 7. The molecule has 2 aliphatic rings. The van der Waals surface area contributed by atoms with Crippen LogP contribution < -0.4 is 14.8 Å². The summed E-state index contributed by atoms with van der Waals surface area (Å²) in [6, 6.07) is 7.22. The number of thioether (sulfide) groups is 1. The van der Waals surface area contributed by atoms with Gasteiger partial charge in [0.15, 0.2) is 11.5 Å². The molecule has 0 saturated carbocycles. The molecule has 1 saturated heterocycles. The van der Waals surface area contributed by atoms with Gasteiger partial charge >= 0.3 is 0 Å². The van der Waals surface area contributed by atoms with Gasteiger partial charge in [0, 0.05) is 13.1 Å². The monoisotopic (exact) mass is 416 g/mol. The Labute approximate surface area is 169 Å². The highest BCUT2D eigenvalue weighted by Crippen LogP contribution is 2.36. The van der Waals surface area contributed by atoms with Gasteiger partial charge in [0.05, 0.1) is 11.3 Å². The first kappa shape index (κ1) is 18.6. The number of thiophene rings is 1. The summed E-state index contributed by atoms with van der Waals surface area (Å²) >= 11 is 2.42. The number of hydrogen-bond donors (Lipinski definition) is 1. The highest BCUT2D eigenvalue weighted by atomic mass is 32.2. The molecule has 28 heavy (non-hydrogen) atoms. The van der Waals surface area contributed by atoms with E-state index in [-0.39, 0.29) is 43.4 Å². The average Bonchev–Trinajstić information content (AvgIpc) is 3.39. The molecule has 0 aliphatic carbocycles. The summed E-state index contributed by atoms with van der Waals surface area (Å²) in [6.45, 7) is 0.532. The lowest BCUT2D eigenvalue weighted by Crippen LogP contribution is -2.37. The van der Waals surface area contributed by atoms with Crippen LogP contribution >= 0.6 is 23.1 Å². The van der Waals surface area contributed by atoms with Gasteiger partial charge in [0.25, 0.3) is 11.1 Å². The molecule has 0 bridgehead atoms. The van der Waals surface area contributed by atoms with E-state index < -0.39 is 0 Å². The van der Waals surface area contributed by atoms with Gasteiger partial charge in [-0.1, -0.05) is 6.07 Å². The van der Waals surface area contributed by atoms with Crippen LogP contribution in [-0.4, -0.2) is 41.8 Å². The van der Waals surface area contributed by atoms with Crippen LogP contribution in [0.15, 0.2) is 39.9 Å². The van der Waals surface area contributed by atoms with E-state index in [1.807, 2.05) is 16.8 Å². The predicted octanol–water partition coefficient (Wildman–Crippen LogP) is 2.87. The summed E-state index contributed by atoms with van der Waals surface area (Å²) < 4.78 is 10.6. The van der Waals surface area contributed by atoms with E-state index in [0.717, 1.165) is 27.8 Å². The molecule has 0 atom stereocenters. The summed E-state index contributed by atoms with van der Waals surface area (Å²) in [7, 11) is 0. The molecule has 9 heteroatoms. The number of ether oxygens (including phenoxy) is 2. The third-order valence-corrected chi connectivity index (χ3v) is 5.81. The van der Waals surface area contributed by atoms with E-state index in [9.17, 15) is 14.4 Å². The molecule has 7 nitrogen and oxygen atoms in total. The Morgan fingerprint density at radius 3 is 2.89 bits per heavy atom. The fraction of sp³-hybridized carbons (Fsp3) is 0.211. The largest absolute Gasteiger partial charge is 0.454 e. The lowest BCUT2D eigenvalue weighted by molar-refractivity contribution is -0.124. The van der Waals surface area contributed by atoms with Gasteiger partial charge in [-0.2, -0.15) is 11.3 Å². The van der Waals surface area contributed by atoms with Crippen molar-refractivity contribution >= 4 is 46.2 Å². The smallest absolute Gasteiger partial charge is 0.293 e. The zero-order valence-corrected chi connectivity index (χ0v) is 16.3. The van der Waals surface area contributed by atoms with Crippen LogP contribution in [0.1, 0.15) is 11.1 Å². The molecule has 2 aliphatic heterocycles. The molecule has 0 unspecified atom stereocenters. The molecular weight excluding hydrogens is 400 g/mol. The van der Waals surface area contributed by atoms with Gasteiger partial charge in [-0.15, -0.1) is 0 Å². The maximum absolute atomic E-state index is 12.5. The molecule has 3 amide bonds. The Kier molecular flexibility index (Phi) is 5.36. The zero-order valence-electron chi connectivity index (χ0n) is 14.7. The second-order valence-corrected chi connectivity index (χ2v) is 7.88. The highest BCUT2D eigenvalue weighted by Gasteiger charge is 2.34. The average molecular weight is 416 g/mol. The van der Waals surface area contributed by atoms with Crippen LogP contribution in [0, 0.1) is 0 Å². The van der Waals surface area contributed by atoms with E-state index in [2.05, 4.69) is 5.32 Å². The normalized spacial score (nSPS) is 16.9. The van der Waals surface area contributed by atoms with Crippen molar-refractivity contribution in [2.24, 2.45) is 0 Å². The number of carbonyl (C=O) groups is 3. The van der Waals surface area contributed by atoms with Gasteiger partial charge in [-0.25, -0.2) is 0 Å². The Morgan fingerprint density at radius 2 is 2.07 bits per heavy atom. The van der Waals surface area contributed by atoms with Gasteiger partial charge in [0.2, 0.25) is 12.7 Å². The first-order valence-corrected chi connectivity index (χ1v) is 10.3. The van der Waals surface area contributed by atoms with Crippen molar-refractivity contribution in [3.05, 3.63) is 51.1 Å². The van der Waals surface area contributed by atoms with E-state index in [1.165, 1.54) is 11.3 Å². The number of imide groups is 1. The fourth-order valence-electron chi connectivity index (χ4n) is 2.80. The number of fused-ring (bicyclic) bond motifs is 1. The van der Waals surface area contributed by atoms with E-state index in [1.54, 1.807) is 24.3 Å². The minimum absolute atomic E-state index is 0.137. The van der Waals surface area contributed by atoms with Gasteiger partial charge in [-0.05, 0) is 57.9 Å². The molecule has 144 valence electrons. The van der Waals surface area contributed by atoms with Crippen molar-refractivity contribution in [2.45, 2.75) is 6.42 Å². The summed E-state index contributed by atoms with van der Waals surface area (Å²) in [5.74, 6) is 0.769. The lowest BCUT2D eigenvalue weighted by Gasteiger charge is -2.12. The molecule has 1 aromatic heterocycles. The lowest BCUT2D eigenvalue weighted by atomic mass is 10.2. The van der Waals surface area contributed by atoms with Crippen molar-refractivity contribution in [1.82, 2.24) is 10.2 Å². The van der Waals surface area contributed by atoms with E-state index in [4.69, 9.17) is 9.47 Å². The van der Waals surface area contributed by atoms with Crippen LogP contribution in [0.2, 0.25) is 0 Å². The van der Waals surface area contributed by atoms with Crippen LogP contribution in [0.25, 0.3) is 6.08 Å². The molecule has 4 rings (SSSR count). The van der Waals surface area contributed by atoms with E-state index in [0.29, 0.717) is 16.4 Å². The number of nitrogens with one attached hydrogen (secondary N) is 1. The molecule has 2 aromatic rings. The standard InChI is InChI=1S/C19H16N2O5S2/c22-17(9-13-3-6-27-10-13)20-4-5-21-18(23)16(28-19(21)24)8-12-1-2-14-15(7-12)26-11-25-14/h1-3,6-8,10H,4-5,9,11H2,(H,20,22)/b16-8-. The van der Waals surface area contributed by atoms with Crippen molar-refractivity contribution in [1.29, 1.82) is 0 Å². The first-order valence-electron chi connectivity index (χ1n) is 8.53. The minimum Gasteiger partial charge on any atom is -0.454 e. The maximum Gasteiger partial charge on any atom is 0.293 e. The van der Waals surface area contributed by atoms with Crippen LogP contribution in [0.5, 0.6) is 11.5 Å². The Hall–Kier alpha value is -2.78. The summed E-state index contributed by atoms with van der Waals surface area (Å²) in [5.41, 5.74) is 1.69. The molecule has 1 fully saturated rings. The Morgan fingerprint density at radius 1 is 1.21 bits per heavy atom. The topological polar surface area (TPSA) is 84.9 Å². The molecule has 3 heterocycles. The summed E-state index contributed by atoms with van der Waals surface area (Å²) in [5, 5.41) is 6.22. The van der Waals surface area contributed by atoms with Gasteiger partial charge < -0.3 is 14.8 Å². The third-order valence-electron chi connectivity index (χ3n) is 4.17. The minimum atomic E-state index is -0.361. The quantitative estimate of drug-likeness (QED) is 0.729. The molecule has 0 radical (unpaired) electrons. The highest BCUT2D eigenvalue weighted by molar-refractivity contribution is 8.18.